The third kappa shape index (κ3) is 4.44. The maximum Gasteiger partial charge on any atom is 0.341 e. The van der Waals surface area contributed by atoms with Crippen molar-refractivity contribution < 1.29 is 34.3 Å². The van der Waals surface area contributed by atoms with E-state index in [0.717, 1.165) is 16.9 Å². The first kappa shape index (κ1) is 19.7. The SMILES string of the molecule is COc1ccc(Cc2ccccc2C(=O)O[C@H]2C[C@H](O)[C@@H](O)/C(=C\O)O2)cc1. The highest BCUT2D eigenvalue weighted by atomic mass is 16.7. The Bertz CT molecular complexity index is 844. The maximum atomic E-state index is 12.7. The average molecular weight is 386 g/mol. The quantitative estimate of drug-likeness (QED) is 0.535. The first-order valence-electron chi connectivity index (χ1n) is 8.80. The highest BCUT2D eigenvalue weighted by Crippen LogP contribution is 2.25. The Hall–Kier alpha value is -3.03. The molecule has 2 aromatic carbocycles. The molecule has 7 nitrogen and oxygen atoms in total. The van der Waals surface area contributed by atoms with Crippen LogP contribution < -0.4 is 4.74 Å². The number of carbonyl (C=O) groups is 1. The molecule has 0 radical (unpaired) electrons. The molecule has 1 saturated heterocycles. The average Bonchev–Trinajstić information content (AvgIpc) is 2.71. The highest BCUT2D eigenvalue weighted by Gasteiger charge is 2.35. The van der Waals surface area contributed by atoms with Gasteiger partial charge in [-0.1, -0.05) is 30.3 Å². The minimum absolute atomic E-state index is 0.106. The zero-order chi connectivity index (χ0) is 20.1. The number of ether oxygens (including phenoxy) is 3. The van der Waals surface area contributed by atoms with Crippen molar-refractivity contribution in [2.24, 2.45) is 0 Å². The fourth-order valence-electron chi connectivity index (χ4n) is 2.98. The number of methoxy groups -OCH3 is 1. The van der Waals surface area contributed by atoms with E-state index < -0.39 is 24.5 Å². The van der Waals surface area contributed by atoms with Crippen LogP contribution in [0.5, 0.6) is 5.75 Å². The van der Waals surface area contributed by atoms with E-state index in [1.165, 1.54) is 0 Å². The second-order valence-corrected chi connectivity index (χ2v) is 6.41. The monoisotopic (exact) mass is 386 g/mol. The van der Waals surface area contributed by atoms with Gasteiger partial charge in [0.25, 0.3) is 0 Å². The van der Waals surface area contributed by atoms with Crippen molar-refractivity contribution >= 4 is 5.97 Å². The van der Waals surface area contributed by atoms with Crippen molar-refractivity contribution in [3.8, 4) is 5.75 Å². The third-order valence-electron chi connectivity index (χ3n) is 4.51. The van der Waals surface area contributed by atoms with Crippen molar-refractivity contribution in [1.82, 2.24) is 0 Å². The summed E-state index contributed by atoms with van der Waals surface area (Å²) in [6.45, 7) is 0. The van der Waals surface area contributed by atoms with Crippen LogP contribution in [0.15, 0.2) is 60.6 Å². The van der Waals surface area contributed by atoms with Crippen LogP contribution in [0.4, 0.5) is 0 Å². The lowest BCUT2D eigenvalue weighted by atomic mass is 9.99. The second-order valence-electron chi connectivity index (χ2n) is 6.41. The van der Waals surface area contributed by atoms with Gasteiger partial charge in [0, 0.05) is 0 Å². The van der Waals surface area contributed by atoms with Crippen LogP contribution in [-0.4, -0.2) is 46.9 Å². The summed E-state index contributed by atoms with van der Waals surface area (Å²) in [7, 11) is 1.60. The predicted molar refractivity (Wildman–Crippen MR) is 99.9 cm³/mol. The Morgan fingerprint density at radius 1 is 1.18 bits per heavy atom. The lowest BCUT2D eigenvalue weighted by molar-refractivity contribution is -0.162. The zero-order valence-electron chi connectivity index (χ0n) is 15.3. The number of hydrogen-bond donors (Lipinski definition) is 3. The molecule has 2 aromatic rings. The molecule has 1 fully saturated rings. The van der Waals surface area contributed by atoms with Gasteiger partial charge in [0.05, 0.1) is 25.2 Å². The standard InChI is InChI=1S/C21H22O7/c1-26-15-8-6-13(7-9-15)10-14-4-2-3-5-16(14)21(25)28-19-11-17(23)20(24)18(12-22)27-19/h2-9,12,17,19-20,22-24H,10-11H2,1H3/b18-12+/t17-,19-,20+/m0/s1. The van der Waals surface area contributed by atoms with E-state index in [9.17, 15) is 15.0 Å². The minimum atomic E-state index is -1.36. The first-order valence-corrected chi connectivity index (χ1v) is 8.80. The molecular weight excluding hydrogens is 364 g/mol. The third-order valence-corrected chi connectivity index (χ3v) is 4.51. The van der Waals surface area contributed by atoms with Gasteiger partial charge in [-0.05, 0) is 35.7 Å². The number of rotatable bonds is 5. The van der Waals surface area contributed by atoms with Gasteiger partial charge < -0.3 is 29.5 Å². The number of esters is 1. The van der Waals surface area contributed by atoms with Gasteiger partial charge in [-0.3, -0.25) is 0 Å². The Morgan fingerprint density at radius 2 is 1.89 bits per heavy atom. The smallest absolute Gasteiger partial charge is 0.341 e. The molecule has 0 aromatic heterocycles. The van der Waals surface area contributed by atoms with E-state index in [1.54, 1.807) is 19.2 Å². The topological polar surface area (TPSA) is 105 Å². The fraction of sp³-hybridized carbons (Fsp3) is 0.286. The van der Waals surface area contributed by atoms with E-state index in [0.29, 0.717) is 18.2 Å². The summed E-state index contributed by atoms with van der Waals surface area (Å²) in [6, 6.07) is 14.6. The van der Waals surface area contributed by atoms with E-state index in [4.69, 9.17) is 19.3 Å². The molecule has 0 aliphatic carbocycles. The molecule has 3 N–H and O–H groups in total. The van der Waals surface area contributed by atoms with Gasteiger partial charge in [-0.25, -0.2) is 4.79 Å². The fourth-order valence-corrected chi connectivity index (χ4v) is 2.98. The Labute approximate surface area is 162 Å². The number of carbonyl (C=O) groups excluding carboxylic acids is 1. The molecule has 0 saturated carbocycles. The summed E-state index contributed by atoms with van der Waals surface area (Å²) in [5.74, 6) is -0.113. The number of aliphatic hydroxyl groups excluding tert-OH is 3. The molecule has 7 heteroatoms. The van der Waals surface area contributed by atoms with E-state index in [1.807, 2.05) is 36.4 Å². The van der Waals surface area contributed by atoms with E-state index in [2.05, 4.69) is 0 Å². The van der Waals surface area contributed by atoms with Crippen LogP contribution in [-0.2, 0) is 15.9 Å². The summed E-state index contributed by atoms with van der Waals surface area (Å²) in [4.78, 5) is 12.7. The second kappa shape index (κ2) is 8.77. The van der Waals surface area contributed by atoms with E-state index in [-0.39, 0.29) is 12.2 Å². The van der Waals surface area contributed by atoms with Crippen molar-refractivity contribution in [3.63, 3.8) is 0 Å². The molecule has 3 rings (SSSR count). The number of benzene rings is 2. The maximum absolute atomic E-state index is 12.7. The van der Waals surface area contributed by atoms with Crippen LogP contribution in [0.3, 0.4) is 0 Å². The van der Waals surface area contributed by atoms with Crippen LogP contribution in [0, 0.1) is 0 Å². The zero-order valence-corrected chi connectivity index (χ0v) is 15.3. The number of hydrogen-bond acceptors (Lipinski definition) is 7. The Balaban J connectivity index is 1.73. The molecule has 1 aliphatic heterocycles. The summed E-state index contributed by atoms with van der Waals surface area (Å²) in [5.41, 5.74) is 2.14. The Morgan fingerprint density at radius 3 is 2.57 bits per heavy atom. The molecule has 0 amide bonds. The Kier molecular flexibility index (Phi) is 6.18. The van der Waals surface area contributed by atoms with Crippen molar-refractivity contribution in [1.29, 1.82) is 0 Å². The molecule has 1 aliphatic rings. The molecule has 1 heterocycles. The van der Waals surface area contributed by atoms with Crippen molar-refractivity contribution in [3.05, 3.63) is 77.2 Å². The molecule has 148 valence electrons. The lowest BCUT2D eigenvalue weighted by Crippen LogP contribution is -2.41. The number of aliphatic hydroxyl groups is 3. The van der Waals surface area contributed by atoms with Crippen LogP contribution in [0.1, 0.15) is 27.9 Å². The lowest BCUT2D eigenvalue weighted by Gasteiger charge is -2.31. The molecule has 28 heavy (non-hydrogen) atoms. The van der Waals surface area contributed by atoms with Crippen molar-refractivity contribution in [2.45, 2.75) is 31.3 Å². The summed E-state index contributed by atoms with van der Waals surface area (Å²) in [6.07, 6.45) is -2.72. The molecule has 0 bridgehead atoms. The minimum Gasteiger partial charge on any atom is -0.512 e. The summed E-state index contributed by atoms with van der Waals surface area (Å²) >= 11 is 0. The van der Waals surface area contributed by atoms with Crippen molar-refractivity contribution in [2.75, 3.05) is 7.11 Å². The largest absolute Gasteiger partial charge is 0.512 e. The van der Waals surface area contributed by atoms with Gasteiger partial charge in [0.15, 0.2) is 5.76 Å². The normalized spacial score (nSPS) is 23.1. The van der Waals surface area contributed by atoms with Gasteiger partial charge >= 0.3 is 5.97 Å². The first-order chi connectivity index (χ1) is 13.5. The molecular formula is C21H22O7. The summed E-state index contributed by atoms with van der Waals surface area (Å²) in [5, 5.41) is 28.6. The van der Waals surface area contributed by atoms with Gasteiger partial charge in [0.1, 0.15) is 18.1 Å². The van der Waals surface area contributed by atoms with Gasteiger partial charge in [0.2, 0.25) is 6.29 Å². The van der Waals surface area contributed by atoms with Gasteiger partial charge in [-0.2, -0.15) is 0 Å². The van der Waals surface area contributed by atoms with Crippen LogP contribution >= 0.6 is 0 Å². The van der Waals surface area contributed by atoms with E-state index >= 15 is 0 Å². The summed E-state index contributed by atoms with van der Waals surface area (Å²) < 4.78 is 15.7. The molecule has 3 atom stereocenters. The van der Waals surface area contributed by atoms with Gasteiger partial charge in [-0.15, -0.1) is 0 Å². The van der Waals surface area contributed by atoms with Crippen LogP contribution in [0.25, 0.3) is 0 Å². The molecule has 0 spiro atoms. The van der Waals surface area contributed by atoms with Crippen LogP contribution in [0.2, 0.25) is 0 Å². The highest BCUT2D eigenvalue weighted by molar-refractivity contribution is 5.91. The predicted octanol–water partition coefficient (Wildman–Crippen LogP) is 2.31. The molecule has 0 unspecified atom stereocenters.